The molecule has 1 unspecified atom stereocenters. The predicted molar refractivity (Wildman–Crippen MR) is 66.0 cm³/mol. The molecule has 0 bridgehead atoms. The molecule has 0 aromatic carbocycles. The van der Waals surface area contributed by atoms with Gasteiger partial charge in [0.25, 0.3) is 0 Å². The summed E-state index contributed by atoms with van der Waals surface area (Å²) in [6.07, 6.45) is 2.49. The molecule has 1 rings (SSSR count). The second-order valence-corrected chi connectivity index (χ2v) is 5.79. The number of amides is 2. The van der Waals surface area contributed by atoms with Crippen molar-refractivity contribution < 1.29 is 9.59 Å². The van der Waals surface area contributed by atoms with Crippen LogP contribution in [0.1, 0.15) is 40.0 Å². The van der Waals surface area contributed by atoms with Crippen molar-refractivity contribution in [3.05, 3.63) is 0 Å². The fourth-order valence-electron chi connectivity index (χ4n) is 2.04. The summed E-state index contributed by atoms with van der Waals surface area (Å²) < 4.78 is 0. The summed E-state index contributed by atoms with van der Waals surface area (Å²) in [5, 5.41) is 0. The third-order valence-electron chi connectivity index (χ3n) is 3.31. The minimum Gasteiger partial charge on any atom is -0.368 e. The molecule has 5 nitrogen and oxygen atoms in total. The van der Waals surface area contributed by atoms with Crippen LogP contribution in [-0.2, 0) is 9.59 Å². The van der Waals surface area contributed by atoms with E-state index >= 15 is 0 Å². The SMILES string of the molecule is CC(C)(C)[C@H](N)C(=O)N1CCCCC1C(N)=O. The second-order valence-electron chi connectivity index (χ2n) is 5.79. The molecule has 2 atom stereocenters. The summed E-state index contributed by atoms with van der Waals surface area (Å²) in [6.45, 7) is 6.33. The van der Waals surface area contributed by atoms with Gasteiger partial charge in [-0.05, 0) is 24.7 Å². The Balaban J connectivity index is 2.82. The van der Waals surface area contributed by atoms with Crippen molar-refractivity contribution in [3.63, 3.8) is 0 Å². The highest BCUT2D eigenvalue weighted by molar-refractivity contribution is 5.89. The molecule has 1 saturated heterocycles. The number of hydrogen-bond acceptors (Lipinski definition) is 3. The van der Waals surface area contributed by atoms with Gasteiger partial charge in [-0.3, -0.25) is 9.59 Å². The largest absolute Gasteiger partial charge is 0.368 e. The van der Waals surface area contributed by atoms with Gasteiger partial charge in [-0.25, -0.2) is 0 Å². The number of rotatable bonds is 2. The van der Waals surface area contributed by atoms with E-state index in [1.807, 2.05) is 20.8 Å². The van der Waals surface area contributed by atoms with Gasteiger partial charge in [0.15, 0.2) is 0 Å². The van der Waals surface area contributed by atoms with Crippen LogP contribution in [0.2, 0.25) is 0 Å². The van der Waals surface area contributed by atoms with Crippen LogP contribution >= 0.6 is 0 Å². The van der Waals surface area contributed by atoms with Gasteiger partial charge in [0, 0.05) is 6.54 Å². The van der Waals surface area contributed by atoms with Crippen LogP contribution in [0.5, 0.6) is 0 Å². The highest BCUT2D eigenvalue weighted by atomic mass is 16.2. The van der Waals surface area contributed by atoms with E-state index in [0.29, 0.717) is 13.0 Å². The van der Waals surface area contributed by atoms with Crippen molar-refractivity contribution in [1.29, 1.82) is 0 Å². The average molecular weight is 241 g/mol. The van der Waals surface area contributed by atoms with E-state index < -0.39 is 18.0 Å². The molecule has 0 aliphatic carbocycles. The van der Waals surface area contributed by atoms with Crippen LogP contribution in [0.15, 0.2) is 0 Å². The summed E-state index contributed by atoms with van der Waals surface area (Å²) in [6, 6.07) is -1.08. The van der Waals surface area contributed by atoms with E-state index in [1.54, 1.807) is 4.90 Å². The van der Waals surface area contributed by atoms with E-state index in [9.17, 15) is 9.59 Å². The summed E-state index contributed by atoms with van der Waals surface area (Å²) in [4.78, 5) is 25.1. The number of primary amides is 1. The van der Waals surface area contributed by atoms with Crippen molar-refractivity contribution >= 4 is 11.8 Å². The van der Waals surface area contributed by atoms with Gasteiger partial charge < -0.3 is 16.4 Å². The van der Waals surface area contributed by atoms with Crippen molar-refractivity contribution in [2.24, 2.45) is 16.9 Å². The fourth-order valence-corrected chi connectivity index (χ4v) is 2.04. The Morgan fingerprint density at radius 3 is 2.35 bits per heavy atom. The Morgan fingerprint density at radius 1 is 1.29 bits per heavy atom. The highest BCUT2D eigenvalue weighted by Crippen LogP contribution is 2.23. The Labute approximate surface area is 103 Å². The molecule has 98 valence electrons. The molecule has 4 N–H and O–H groups in total. The van der Waals surface area contributed by atoms with Crippen molar-refractivity contribution in [3.8, 4) is 0 Å². The van der Waals surface area contributed by atoms with Gasteiger partial charge in [-0.1, -0.05) is 20.8 Å². The molecule has 17 heavy (non-hydrogen) atoms. The molecular formula is C12H23N3O2. The molecular weight excluding hydrogens is 218 g/mol. The number of carbonyl (C=O) groups excluding carboxylic acids is 2. The number of nitrogens with two attached hydrogens (primary N) is 2. The van der Waals surface area contributed by atoms with E-state index in [0.717, 1.165) is 12.8 Å². The monoisotopic (exact) mass is 241 g/mol. The Morgan fingerprint density at radius 2 is 1.88 bits per heavy atom. The Kier molecular flexibility index (Phi) is 4.14. The molecule has 0 saturated carbocycles. The third-order valence-corrected chi connectivity index (χ3v) is 3.31. The molecule has 0 radical (unpaired) electrons. The Hall–Kier alpha value is -1.10. The number of piperidine rings is 1. The van der Waals surface area contributed by atoms with Crippen LogP contribution in [0.3, 0.4) is 0 Å². The molecule has 0 aromatic rings. The average Bonchev–Trinajstić information content (AvgIpc) is 2.25. The third kappa shape index (κ3) is 3.19. The van der Waals surface area contributed by atoms with Gasteiger partial charge in [-0.2, -0.15) is 0 Å². The van der Waals surface area contributed by atoms with Crippen LogP contribution in [-0.4, -0.2) is 35.3 Å². The summed E-state index contributed by atoms with van der Waals surface area (Å²) in [5.41, 5.74) is 11.0. The summed E-state index contributed by atoms with van der Waals surface area (Å²) in [7, 11) is 0. The van der Waals surface area contributed by atoms with Crippen LogP contribution in [0.4, 0.5) is 0 Å². The molecule has 0 aromatic heterocycles. The van der Waals surface area contributed by atoms with E-state index in [1.165, 1.54) is 0 Å². The molecule has 1 heterocycles. The number of nitrogens with zero attached hydrogens (tertiary/aromatic N) is 1. The predicted octanol–water partition coefficient (Wildman–Crippen LogP) is 0.226. The normalized spacial score (nSPS) is 23.3. The number of hydrogen-bond donors (Lipinski definition) is 2. The summed E-state index contributed by atoms with van der Waals surface area (Å²) >= 11 is 0. The maximum absolute atomic E-state index is 12.3. The number of likely N-dealkylation sites (tertiary alicyclic amines) is 1. The molecule has 1 aliphatic rings. The van der Waals surface area contributed by atoms with Crippen molar-refractivity contribution in [2.75, 3.05) is 6.54 Å². The lowest BCUT2D eigenvalue weighted by molar-refractivity contribution is -0.144. The fraction of sp³-hybridized carbons (Fsp3) is 0.833. The molecule has 1 fully saturated rings. The maximum atomic E-state index is 12.3. The second kappa shape index (κ2) is 5.04. The Bertz CT molecular complexity index is 309. The van der Waals surface area contributed by atoms with Crippen molar-refractivity contribution in [2.45, 2.75) is 52.1 Å². The van der Waals surface area contributed by atoms with Gasteiger partial charge in [-0.15, -0.1) is 0 Å². The quantitative estimate of drug-likeness (QED) is 0.725. The zero-order valence-corrected chi connectivity index (χ0v) is 10.9. The van der Waals surface area contributed by atoms with Crippen LogP contribution in [0, 0.1) is 5.41 Å². The maximum Gasteiger partial charge on any atom is 0.240 e. The molecule has 2 amide bonds. The molecule has 1 aliphatic heterocycles. The first kappa shape index (κ1) is 14.0. The smallest absolute Gasteiger partial charge is 0.240 e. The standard InChI is InChI=1S/C12H23N3O2/c1-12(2,3)9(13)11(17)15-7-5-4-6-8(15)10(14)16/h8-9H,4-7,13H2,1-3H3,(H2,14,16)/t8?,9-/m1/s1. The molecule has 0 spiro atoms. The first-order chi connectivity index (χ1) is 7.75. The zero-order valence-electron chi connectivity index (χ0n) is 10.9. The first-order valence-corrected chi connectivity index (χ1v) is 6.10. The molecule has 5 heteroatoms. The van der Waals surface area contributed by atoms with Gasteiger partial charge >= 0.3 is 0 Å². The summed E-state index contributed by atoms with van der Waals surface area (Å²) in [5.74, 6) is -0.597. The number of carbonyl (C=O) groups is 2. The van der Waals surface area contributed by atoms with Crippen LogP contribution in [0.25, 0.3) is 0 Å². The van der Waals surface area contributed by atoms with Gasteiger partial charge in [0.05, 0.1) is 6.04 Å². The van der Waals surface area contributed by atoms with Gasteiger partial charge in [0.1, 0.15) is 6.04 Å². The highest BCUT2D eigenvalue weighted by Gasteiger charge is 2.37. The van der Waals surface area contributed by atoms with Gasteiger partial charge in [0.2, 0.25) is 11.8 Å². The topological polar surface area (TPSA) is 89.4 Å². The van der Waals surface area contributed by atoms with Crippen LogP contribution < -0.4 is 11.5 Å². The lowest BCUT2D eigenvalue weighted by Crippen LogP contribution is -2.57. The van der Waals surface area contributed by atoms with E-state index in [4.69, 9.17) is 11.5 Å². The minimum absolute atomic E-state index is 0.166. The lowest BCUT2D eigenvalue weighted by Gasteiger charge is -2.38. The van der Waals surface area contributed by atoms with Crippen molar-refractivity contribution in [1.82, 2.24) is 4.90 Å². The lowest BCUT2D eigenvalue weighted by atomic mass is 9.85. The minimum atomic E-state index is -0.595. The van der Waals surface area contributed by atoms with E-state index in [2.05, 4.69) is 0 Å². The van der Waals surface area contributed by atoms with E-state index in [-0.39, 0.29) is 11.3 Å². The first-order valence-electron chi connectivity index (χ1n) is 6.10. The zero-order chi connectivity index (χ0) is 13.2.